The van der Waals surface area contributed by atoms with E-state index in [1.807, 2.05) is 54.6 Å². The molecule has 0 saturated carbocycles. The molecule has 1 aliphatic heterocycles. The van der Waals surface area contributed by atoms with Crippen molar-refractivity contribution in [3.63, 3.8) is 0 Å². The Morgan fingerprint density at radius 2 is 1.86 bits per heavy atom. The highest BCUT2D eigenvalue weighted by Gasteiger charge is 2.29. The molecule has 1 fully saturated rings. The molecule has 1 amide bonds. The molecule has 5 heteroatoms. The van der Waals surface area contributed by atoms with E-state index < -0.39 is 0 Å². The second kappa shape index (κ2) is 8.31. The molecule has 28 heavy (non-hydrogen) atoms. The molecule has 0 radical (unpaired) electrons. The lowest BCUT2D eigenvalue weighted by atomic mass is 10.1. The Kier molecular flexibility index (Phi) is 5.44. The number of hydrogen-bond donors (Lipinski definition) is 1. The highest BCUT2D eigenvalue weighted by molar-refractivity contribution is 5.93. The summed E-state index contributed by atoms with van der Waals surface area (Å²) in [5.74, 6) is 1.36. The predicted molar refractivity (Wildman–Crippen MR) is 111 cm³/mol. The van der Waals surface area contributed by atoms with Gasteiger partial charge in [0.25, 0.3) is 0 Å². The highest BCUT2D eigenvalue weighted by Crippen LogP contribution is 2.32. The maximum absolute atomic E-state index is 12.8. The van der Waals surface area contributed by atoms with Crippen molar-refractivity contribution in [1.82, 2.24) is 9.47 Å². The van der Waals surface area contributed by atoms with Crippen LogP contribution in [-0.4, -0.2) is 28.5 Å². The molecule has 0 aliphatic carbocycles. The van der Waals surface area contributed by atoms with Gasteiger partial charge >= 0.3 is 0 Å². The Morgan fingerprint density at radius 1 is 1.07 bits per heavy atom. The summed E-state index contributed by atoms with van der Waals surface area (Å²) in [6.45, 7) is 1.31. The zero-order chi connectivity index (χ0) is 19.3. The number of carbonyl (C=O) groups is 1. The lowest BCUT2D eigenvalue weighted by Gasteiger charge is -2.24. The molecule has 2 aromatic carbocycles. The summed E-state index contributed by atoms with van der Waals surface area (Å²) < 4.78 is 8.09. The number of aryl methyl sites for hydroxylation is 1. The fraction of sp³-hybridized carbons (Fsp3) is 0.261. The minimum absolute atomic E-state index is 0.0229. The van der Waals surface area contributed by atoms with Gasteiger partial charge in [0.15, 0.2) is 5.75 Å². The molecule has 4 rings (SSSR count). The van der Waals surface area contributed by atoms with Gasteiger partial charge < -0.3 is 14.6 Å². The van der Waals surface area contributed by atoms with Crippen LogP contribution in [0.5, 0.6) is 11.5 Å². The van der Waals surface area contributed by atoms with Crippen molar-refractivity contribution in [3.05, 3.63) is 78.6 Å². The van der Waals surface area contributed by atoms with E-state index in [0.717, 1.165) is 25.1 Å². The molecule has 144 valence electrons. The van der Waals surface area contributed by atoms with Crippen molar-refractivity contribution in [1.29, 1.82) is 0 Å². The molecule has 1 aromatic heterocycles. The SMILES string of the molecule is Cn1cccc1[C@H]1CCCN1CC(=O)Nc1ccccc1Oc1ccccc1. The van der Waals surface area contributed by atoms with Crippen LogP contribution in [0.2, 0.25) is 0 Å². The first-order valence-corrected chi connectivity index (χ1v) is 9.68. The summed E-state index contributed by atoms with van der Waals surface area (Å²) in [5, 5.41) is 3.03. The number of rotatable bonds is 6. The van der Waals surface area contributed by atoms with Gasteiger partial charge in [-0.25, -0.2) is 0 Å². The van der Waals surface area contributed by atoms with Gasteiger partial charge in [-0.3, -0.25) is 9.69 Å². The quantitative estimate of drug-likeness (QED) is 0.685. The zero-order valence-corrected chi connectivity index (χ0v) is 16.0. The molecule has 0 bridgehead atoms. The molecule has 1 saturated heterocycles. The highest BCUT2D eigenvalue weighted by atomic mass is 16.5. The Hall–Kier alpha value is -3.05. The standard InChI is InChI=1S/C23H25N3O2/c1-25-15-7-12-20(25)21-13-8-16-26(21)17-23(27)24-19-11-5-6-14-22(19)28-18-9-3-2-4-10-18/h2-7,9-12,14-15,21H,8,13,16-17H2,1H3,(H,24,27)/t21-/m1/s1. The average Bonchev–Trinajstić information content (AvgIpc) is 3.32. The summed E-state index contributed by atoms with van der Waals surface area (Å²) in [6, 6.07) is 21.6. The number of amides is 1. The Morgan fingerprint density at radius 3 is 2.64 bits per heavy atom. The second-order valence-corrected chi connectivity index (χ2v) is 7.13. The van der Waals surface area contributed by atoms with Gasteiger partial charge in [-0.1, -0.05) is 30.3 Å². The molecular weight excluding hydrogens is 350 g/mol. The van der Waals surface area contributed by atoms with E-state index in [1.165, 1.54) is 5.69 Å². The van der Waals surface area contributed by atoms with Crippen LogP contribution in [-0.2, 0) is 11.8 Å². The van der Waals surface area contributed by atoms with Gasteiger partial charge in [-0.15, -0.1) is 0 Å². The normalized spacial score (nSPS) is 16.8. The monoisotopic (exact) mass is 375 g/mol. The first-order valence-electron chi connectivity index (χ1n) is 9.68. The number of carbonyl (C=O) groups excluding carboxylic acids is 1. The molecule has 5 nitrogen and oxygen atoms in total. The van der Waals surface area contributed by atoms with Gasteiger partial charge in [0.05, 0.1) is 18.3 Å². The lowest BCUT2D eigenvalue weighted by Crippen LogP contribution is -2.33. The number of ether oxygens (including phenoxy) is 1. The van der Waals surface area contributed by atoms with Crippen LogP contribution in [0, 0.1) is 0 Å². The molecule has 2 heterocycles. The fourth-order valence-electron chi connectivity index (χ4n) is 3.82. The second-order valence-electron chi connectivity index (χ2n) is 7.13. The first kappa shape index (κ1) is 18.3. The topological polar surface area (TPSA) is 46.5 Å². The van der Waals surface area contributed by atoms with Crippen LogP contribution in [0.15, 0.2) is 72.9 Å². The Bertz CT molecular complexity index is 936. The number of benzene rings is 2. The van der Waals surface area contributed by atoms with Crippen LogP contribution < -0.4 is 10.1 Å². The number of likely N-dealkylation sites (tertiary alicyclic amines) is 1. The van der Waals surface area contributed by atoms with Crippen molar-refractivity contribution >= 4 is 11.6 Å². The van der Waals surface area contributed by atoms with E-state index >= 15 is 0 Å². The lowest BCUT2D eigenvalue weighted by molar-refractivity contribution is -0.117. The van der Waals surface area contributed by atoms with E-state index in [4.69, 9.17) is 4.74 Å². The summed E-state index contributed by atoms with van der Waals surface area (Å²) in [7, 11) is 2.06. The van der Waals surface area contributed by atoms with Crippen LogP contribution in [0.4, 0.5) is 5.69 Å². The van der Waals surface area contributed by atoms with E-state index in [-0.39, 0.29) is 5.91 Å². The van der Waals surface area contributed by atoms with Gasteiger partial charge in [0.1, 0.15) is 5.75 Å². The molecular formula is C23H25N3O2. The van der Waals surface area contributed by atoms with Gasteiger partial charge in [-0.05, 0) is 55.8 Å². The molecule has 3 aromatic rings. The van der Waals surface area contributed by atoms with Crippen molar-refractivity contribution in [2.24, 2.45) is 7.05 Å². The molecule has 1 N–H and O–H groups in total. The number of para-hydroxylation sites is 3. The predicted octanol–water partition coefficient (Wildman–Crippen LogP) is 4.59. The maximum Gasteiger partial charge on any atom is 0.238 e. The summed E-state index contributed by atoms with van der Waals surface area (Å²) >= 11 is 0. The maximum atomic E-state index is 12.8. The van der Waals surface area contributed by atoms with Crippen molar-refractivity contribution in [3.8, 4) is 11.5 Å². The molecule has 1 atom stereocenters. The smallest absolute Gasteiger partial charge is 0.238 e. The largest absolute Gasteiger partial charge is 0.455 e. The van der Waals surface area contributed by atoms with Crippen molar-refractivity contribution in [2.75, 3.05) is 18.4 Å². The van der Waals surface area contributed by atoms with Gasteiger partial charge in [0, 0.05) is 18.9 Å². The number of hydrogen-bond acceptors (Lipinski definition) is 3. The minimum Gasteiger partial charge on any atom is -0.455 e. The zero-order valence-electron chi connectivity index (χ0n) is 16.0. The summed E-state index contributed by atoms with van der Waals surface area (Å²) in [4.78, 5) is 15.0. The number of nitrogens with one attached hydrogen (secondary N) is 1. The van der Waals surface area contributed by atoms with Gasteiger partial charge in [-0.2, -0.15) is 0 Å². The fourth-order valence-corrected chi connectivity index (χ4v) is 3.82. The number of aromatic nitrogens is 1. The average molecular weight is 375 g/mol. The van der Waals surface area contributed by atoms with Crippen LogP contribution in [0.1, 0.15) is 24.6 Å². The van der Waals surface area contributed by atoms with Gasteiger partial charge in [0.2, 0.25) is 5.91 Å². The molecule has 1 aliphatic rings. The van der Waals surface area contributed by atoms with Crippen molar-refractivity contribution < 1.29 is 9.53 Å². The van der Waals surface area contributed by atoms with Crippen LogP contribution >= 0.6 is 0 Å². The van der Waals surface area contributed by atoms with E-state index in [2.05, 4.69) is 40.2 Å². The number of anilines is 1. The molecule has 0 unspecified atom stereocenters. The van der Waals surface area contributed by atoms with E-state index in [0.29, 0.717) is 24.0 Å². The number of nitrogens with zero attached hydrogens (tertiary/aromatic N) is 2. The first-order chi connectivity index (χ1) is 13.7. The minimum atomic E-state index is -0.0229. The van der Waals surface area contributed by atoms with Crippen molar-refractivity contribution in [2.45, 2.75) is 18.9 Å². The third-order valence-electron chi connectivity index (χ3n) is 5.17. The summed E-state index contributed by atoms with van der Waals surface area (Å²) in [6.07, 6.45) is 4.25. The Labute approximate surface area is 165 Å². The van der Waals surface area contributed by atoms with Crippen LogP contribution in [0.3, 0.4) is 0 Å². The third-order valence-corrected chi connectivity index (χ3v) is 5.17. The van der Waals surface area contributed by atoms with E-state index in [9.17, 15) is 4.79 Å². The molecule has 0 spiro atoms. The summed E-state index contributed by atoms with van der Waals surface area (Å²) in [5.41, 5.74) is 1.95. The third kappa shape index (κ3) is 4.10. The van der Waals surface area contributed by atoms with Crippen LogP contribution in [0.25, 0.3) is 0 Å². The Balaban J connectivity index is 1.43. The van der Waals surface area contributed by atoms with E-state index in [1.54, 1.807) is 0 Å².